The van der Waals surface area contributed by atoms with Crippen LogP contribution in [0, 0.1) is 29.2 Å². The minimum atomic E-state index is -1.15. The van der Waals surface area contributed by atoms with Crippen molar-refractivity contribution in [2.75, 3.05) is 57.4 Å². The Morgan fingerprint density at radius 1 is 0.932 bits per heavy atom. The number of urea groups is 1. The second kappa shape index (κ2) is 20.2. The van der Waals surface area contributed by atoms with Crippen LogP contribution in [-0.4, -0.2) is 113 Å². The Balaban J connectivity index is 0.777. The number of piperidine rings is 1. The third kappa shape index (κ3) is 9.05. The molecule has 3 saturated heterocycles. The lowest BCUT2D eigenvalue weighted by Gasteiger charge is -2.38. The number of anilines is 1. The molecule has 5 aromatic rings. The number of aliphatic hydroxyl groups excluding tert-OH is 1. The molecule has 1 aliphatic carbocycles. The molecule has 1 aromatic heterocycles. The smallest absolute Gasteiger partial charge is 0.329 e. The van der Waals surface area contributed by atoms with E-state index >= 15 is 17.6 Å². The van der Waals surface area contributed by atoms with Crippen molar-refractivity contribution >= 4 is 52.1 Å². The minimum absolute atomic E-state index is 0.00827. The summed E-state index contributed by atoms with van der Waals surface area (Å²) >= 11 is 6.71. The summed E-state index contributed by atoms with van der Waals surface area (Å²) in [5.41, 5.74) is 5.21. The van der Waals surface area contributed by atoms with E-state index in [0.29, 0.717) is 70.3 Å². The van der Waals surface area contributed by atoms with E-state index in [-0.39, 0.29) is 106 Å². The predicted octanol–water partition coefficient (Wildman–Crippen LogP) is 7.39. The number of hydrogen-bond acceptors (Lipinski definition) is 10. The van der Waals surface area contributed by atoms with Gasteiger partial charge in [0.05, 0.1) is 22.6 Å². The fourth-order valence-electron chi connectivity index (χ4n) is 12.1. The summed E-state index contributed by atoms with van der Waals surface area (Å²) in [7, 11) is 1.55. The number of nitrogens with zero attached hydrogens (tertiary/aromatic N) is 5. The number of carbonyl (C=O) groups is 4. The molecule has 0 unspecified atom stereocenters. The first-order valence-corrected chi connectivity index (χ1v) is 25.3. The fraction of sp³-hybridized carbons (Fsp3) is 0.453. The first-order chi connectivity index (χ1) is 35.1. The Morgan fingerprint density at radius 3 is 2.37 bits per heavy atom. The number of likely N-dealkylation sites (tertiary alicyclic amines) is 2. The highest BCUT2D eigenvalue weighted by molar-refractivity contribution is 6.34. The molecule has 0 radical (unpaired) electrons. The van der Waals surface area contributed by atoms with Gasteiger partial charge in [-0.15, -0.1) is 0 Å². The molecule has 4 aromatic carbocycles. The number of benzene rings is 4. The van der Waals surface area contributed by atoms with Gasteiger partial charge in [0.15, 0.2) is 28.8 Å². The van der Waals surface area contributed by atoms with Crippen LogP contribution in [0.15, 0.2) is 54.6 Å². The number of ether oxygens (including phenoxy) is 2. The van der Waals surface area contributed by atoms with Gasteiger partial charge >= 0.3 is 6.03 Å². The number of hydrogen-bond donors (Lipinski definition) is 4. The molecule has 5 amide bonds. The van der Waals surface area contributed by atoms with Crippen molar-refractivity contribution in [1.82, 2.24) is 30.2 Å². The van der Waals surface area contributed by atoms with Gasteiger partial charge in [0, 0.05) is 91.9 Å². The van der Waals surface area contributed by atoms with Crippen molar-refractivity contribution in [1.29, 1.82) is 0 Å². The zero-order valence-electron chi connectivity index (χ0n) is 40.5. The molecule has 5 N–H and O–H groups in total. The summed E-state index contributed by atoms with van der Waals surface area (Å²) in [6, 6.07) is 13.8. The first-order valence-electron chi connectivity index (χ1n) is 24.9. The van der Waals surface area contributed by atoms with Crippen LogP contribution in [0.1, 0.15) is 97.2 Å². The third-order valence-corrected chi connectivity index (χ3v) is 16.3. The van der Waals surface area contributed by atoms with Crippen LogP contribution in [0.5, 0.6) is 11.5 Å². The minimum Gasteiger partial charge on any atom is -0.488 e. The fourth-order valence-corrected chi connectivity index (χ4v) is 12.3. The van der Waals surface area contributed by atoms with Crippen LogP contribution < -0.4 is 30.7 Å². The van der Waals surface area contributed by atoms with Crippen molar-refractivity contribution in [3.05, 3.63) is 105 Å². The molecule has 10 rings (SSSR count). The van der Waals surface area contributed by atoms with E-state index < -0.39 is 64.3 Å². The number of halogens is 5. The van der Waals surface area contributed by atoms with E-state index in [1.165, 1.54) is 33.8 Å². The average Bonchev–Trinajstić information content (AvgIpc) is 4.08. The van der Waals surface area contributed by atoms with Crippen LogP contribution in [0.25, 0.3) is 22.0 Å². The molecule has 3 atom stereocenters. The van der Waals surface area contributed by atoms with Crippen LogP contribution >= 0.6 is 11.6 Å². The average molecular weight is 1030 g/mol. The number of carbonyl (C=O) groups excluding carboxylic acids is 4. The topological polar surface area (TPSA) is 185 Å². The van der Waals surface area contributed by atoms with E-state index in [1.54, 1.807) is 7.05 Å². The van der Waals surface area contributed by atoms with Crippen molar-refractivity contribution in [3.8, 4) is 22.6 Å². The Labute approximate surface area is 423 Å². The monoisotopic (exact) mass is 1030 g/mol. The largest absolute Gasteiger partial charge is 0.488 e. The lowest BCUT2D eigenvalue weighted by molar-refractivity contribution is -0.135. The SMILES string of the molecule is C[C@H]1c2c(cc(F)c(Cl)c2-c2c(C(N)=O)ccc(OCCO)c2F)O[C@]1(CNC1CCC(C(=O)N2CC[C@H](N3CCC(c4c(F)cc5c(N6CCC(=O)NC6=O)nn(C)c5c4F)CC3)C2)CC1)c1ccccc1. The van der Waals surface area contributed by atoms with E-state index in [4.69, 9.17) is 26.8 Å². The number of aliphatic hydroxyl groups is 1. The molecule has 386 valence electrons. The lowest BCUT2D eigenvalue weighted by Crippen LogP contribution is -2.49. The molecule has 1 saturated carbocycles. The maximum atomic E-state index is 16.5. The number of aryl methyl sites for hydroxylation is 1. The number of primary amides is 1. The maximum Gasteiger partial charge on any atom is 0.329 e. The van der Waals surface area contributed by atoms with Crippen LogP contribution in [0.3, 0.4) is 0 Å². The Morgan fingerprint density at radius 2 is 1.67 bits per heavy atom. The van der Waals surface area contributed by atoms with Gasteiger partial charge in [-0.05, 0) is 87.7 Å². The Kier molecular flexibility index (Phi) is 13.9. The number of imide groups is 1. The van der Waals surface area contributed by atoms with Crippen molar-refractivity contribution in [3.63, 3.8) is 0 Å². The standard InChI is InChI=1S/C53H57ClF4N8O7/c1-28-41-39(25-37(56)45(54)44(41)43-34(49(59)69)12-13-38(46(43)57)72-23-22-67)73-53(28,31-6-4-3-5-7-31)27-60-32-10-8-30(9-11-32)51(70)65-20-16-33(26-65)64-18-14-29(15-19-64)42-36(55)24-35-48(47(42)58)63(2)62-50(35)66-21-17-40(68)61-52(66)71/h3-7,12-13,24-25,28-30,32-33,60,67H,8-11,14-23,26-27H2,1-2H3,(H2,59,69)(H,61,68,71)/t28-,30?,32?,33-,53-/m0/s1. The molecule has 5 aliphatic rings. The lowest BCUT2D eigenvalue weighted by atomic mass is 9.77. The van der Waals surface area contributed by atoms with Gasteiger partial charge in [-0.1, -0.05) is 48.9 Å². The van der Waals surface area contributed by atoms with E-state index in [2.05, 4.69) is 20.6 Å². The molecule has 4 aliphatic heterocycles. The quantitative estimate of drug-likeness (QED) is 0.0868. The van der Waals surface area contributed by atoms with Crippen molar-refractivity contribution < 1.29 is 51.3 Å². The summed E-state index contributed by atoms with van der Waals surface area (Å²) < 4.78 is 78.1. The van der Waals surface area contributed by atoms with Gasteiger partial charge in [0.25, 0.3) is 0 Å². The molecule has 15 nitrogen and oxygen atoms in total. The Hall–Kier alpha value is -6.28. The van der Waals surface area contributed by atoms with E-state index in [9.17, 15) is 24.3 Å². The number of nitrogens with one attached hydrogen (secondary N) is 2. The van der Waals surface area contributed by atoms with Gasteiger partial charge < -0.3 is 30.5 Å². The van der Waals surface area contributed by atoms with Crippen LogP contribution in [-0.2, 0) is 22.2 Å². The Bertz CT molecular complexity index is 3000. The number of fused-ring (bicyclic) bond motifs is 2. The molecule has 0 bridgehead atoms. The predicted molar refractivity (Wildman–Crippen MR) is 263 cm³/mol. The molecule has 20 heteroatoms. The summed E-state index contributed by atoms with van der Waals surface area (Å²) in [5, 5.41) is 19.4. The molecule has 4 fully saturated rings. The van der Waals surface area contributed by atoms with E-state index in [1.807, 2.05) is 42.2 Å². The zero-order valence-corrected chi connectivity index (χ0v) is 41.3. The zero-order chi connectivity index (χ0) is 51.5. The molecule has 73 heavy (non-hydrogen) atoms. The van der Waals surface area contributed by atoms with Gasteiger partial charge in [-0.2, -0.15) is 5.10 Å². The molecular formula is C53H57ClF4N8O7. The van der Waals surface area contributed by atoms with Crippen LogP contribution in [0.2, 0.25) is 5.02 Å². The summed E-state index contributed by atoms with van der Waals surface area (Å²) in [4.78, 5) is 56.7. The number of amides is 5. The molecular weight excluding hydrogens is 972 g/mol. The normalized spacial score (nSPS) is 23.7. The summed E-state index contributed by atoms with van der Waals surface area (Å²) in [6.07, 6.45) is 4.65. The van der Waals surface area contributed by atoms with Gasteiger partial charge in [-0.3, -0.25) is 34.2 Å². The van der Waals surface area contributed by atoms with Crippen molar-refractivity contribution in [2.24, 2.45) is 18.7 Å². The highest BCUT2D eigenvalue weighted by atomic mass is 35.5. The van der Waals surface area contributed by atoms with Gasteiger partial charge in [0.2, 0.25) is 17.7 Å². The first kappa shape index (κ1) is 50.3. The summed E-state index contributed by atoms with van der Waals surface area (Å²) in [5.74, 6) is -5.71. The second-order valence-corrected chi connectivity index (χ2v) is 20.3. The van der Waals surface area contributed by atoms with E-state index in [0.717, 1.165) is 12.0 Å². The molecule has 5 heterocycles. The van der Waals surface area contributed by atoms with Gasteiger partial charge in [0.1, 0.15) is 29.5 Å². The van der Waals surface area contributed by atoms with Crippen LogP contribution in [0.4, 0.5) is 28.2 Å². The number of aromatic nitrogens is 2. The second-order valence-electron chi connectivity index (χ2n) is 19.9. The molecule has 0 spiro atoms. The maximum absolute atomic E-state index is 16.5. The third-order valence-electron chi connectivity index (χ3n) is 15.9. The van der Waals surface area contributed by atoms with Gasteiger partial charge in [-0.25, -0.2) is 22.4 Å². The summed E-state index contributed by atoms with van der Waals surface area (Å²) in [6.45, 7) is 3.99. The highest BCUT2D eigenvalue weighted by Crippen LogP contribution is 2.56. The number of nitrogens with two attached hydrogens (primary N) is 1. The number of rotatable bonds is 13. The highest BCUT2D eigenvalue weighted by Gasteiger charge is 2.50. The van der Waals surface area contributed by atoms with Crippen molar-refractivity contribution in [2.45, 2.75) is 87.8 Å².